The monoisotopic (exact) mass is 293 g/mol. The first-order chi connectivity index (χ1) is 6.56. The van der Waals surface area contributed by atoms with Gasteiger partial charge >= 0.3 is 0 Å². The molecular weight excluding hydrogens is 277 g/mol. The summed E-state index contributed by atoms with van der Waals surface area (Å²) in [5, 5.41) is 9.82. The summed E-state index contributed by atoms with van der Waals surface area (Å²) in [6.45, 7) is 3.96. The van der Waals surface area contributed by atoms with E-state index in [2.05, 4.69) is 22.9 Å². The highest BCUT2D eigenvalue weighted by atomic mass is 79.9. The summed E-state index contributed by atoms with van der Waals surface area (Å²) in [4.78, 5) is 0. The summed E-state index contributed by atoms with van der Waals surface area (Å²) >= 11 is 3.40. The van der Waals surface area contributed by atoms with Crippen LogP contribution in [0.5, 0.6) is 5.75 Å². The van der Waals surface area contributed by atoms with Crippen molar-refractivity contribution < 1.29 is 5.11 Å². The normalized spacial score (nSPS) is 12.0. The molecule has 0 saturated heterocycles. The van der Waals surface area contributed by atoms with Crippen molar-refractivity contribution in [1.29, 1.82) is 0 Å². The smallest absolute Gasteiger partial charge is 0.123 e. The van der Waals surface area contributed by atoms with Gasteiger partial charge in [0.1, 0.15) is 5.75 Å². The van der Waals surface area contributed by atoms with Crippen LogP contribution in [0.2, 0.25) is 0 Å². The molecule has 1 aromatic rings. The first-order valence-electron chi connectivity index (χ1n) is 4.80. The van der Waals surface area contributed by atoms with Crippen molar-refractivity contribution in [3.63, 3.8) is 0 Å². The van der Waals surface area contributed by atoms with Gasteiger partial charge in [-0.05, 0) is 31.0 Å². The van der Waals surface area contributed by atoms with E-state index in [9.17, 15) is 5.11 Å². The van der Waals surface area contributed by atoms with Crippen LogP contribution in [0, 0.1) is 6.92 Å². The standard InChI is InChI=1S/C11H16BrNO.ClH/c1-3-4-10(13)9-6-8(12)5-7(2)11(9)14;/h5-6,10,14H,3-4,13H2,1-2H3;1H/t10-;/m1./s1. The van der Waals surface area contributed by atoms with E-state index in [1.165, 1.54) is 0 Å². The Labute approximate surface area is 105 Å². The third-order valence-corrected chi connectivity index (χ3v) is 2.75. The van der Waals surface area contributed by atoms with Crippen molar-refractivity contribution in [3.05, 3.63) is 27.7 Å². The Balaban J connectivity index is 0.00000196. The average Bonchev–Trinajstić information content (AvgIpc) is 2.11. The molecule has 3 N–H and O–H groups in total. The molecule has 15 heavy (non-hydrogen) atoms. The van der Waals surface area contributed by atoms with E-state index < -0.39 is 0 Å². The summed E-state index contributed by atoms with van der Waals surface area (Å²) in [5.41, 5.74) is 7.66. The zero-order valence-electron chi connectivity index (χ0n) is 8.96. The van der Waals surface area contributed by atoms with E-state index in [4.69, 9.17) is 5.73 Å². The Hall–Kier alpha value is -0.250. The summed E-state index contributed by atoms with van der Waals surface area (Å²) in [7, 11) is 0. The predicted molar refractivity (Wildman–Crippen MR) is 69.6 cm³/mol. The summed E-state index contributed by atoms with van der Waals surface area (Å²) in [6, 6.07) is 3.70. The lowest BCUT2D eigenvalue weighted by atomic mass is 10.00. The molecule has 0 bridgehead atoms. The molecule has 86 valence electrons. The Morgan fingerprint density at radius 1 is 1.47 bits per heavy atom. The molecule has 1 atom stereocenters. The number of benzene rings is 1. The number of halogens is 2. The molecule has 0 unspecified atom stereocenters. The summed E-state index contributed by atoms with van der Waals surface area (Å²) in [6.07, 6.45) is 1.91. The van der Waals surface area contributed by atoms with Crippen LogP contribution < -0.4 is 5.73 Å². The third kappa shape index (κ3) is 3.67. The molecule has 2 nitrogen and oxygen atoms in total. The van der Waals surface area contributed by atoms with Crippen LogP contribution in [0.25, 0.3) is 0 Å². The number of phenolic OH excluding ortho intramolecular Hbond substituents is 1. The molecule has 0 radical (unpaired) electrons. The molecule has 0 aliphatic heterocycles. The highest BCUT2D eigenvalue weighted by molar-refractivity contribution is 9.10. The highest BCUT2D eigenvalue weighted by Crippen LogP contribution is 2.31. The quantitative estimate of drug-likeness (QED) is 0.893. The van der Waals surface area contributed by atoms with Crippen molar-refractivity contribution in [2.45, 2.75) is 32.7 Å². The van der Waals surface area contributed by atoms with Crippen LogP contribution >= 0.6 is 28.3 Å². The number of aromatic hydroxyl groups is 1. The van der Waals surface area contributed by atoms with Gasteiger partial charge in [0, 0.05) is 16.1 Å². The van der Waals surface area contributed by atoms with Gasteiger partial charge < -0.3 is 10.8 Å². The van der Waals surface area contributed by atoms with E-state index in [-0.39, 0.29) is 18.4 Å². The zero-order valence-corrected chi connectivity index (χ0v) is 11.4. The highest BCUT2D eigenvalue weighted by Gasteiger charge is 2.12. The lowest BCUT2D eigenvalue weighted by molar-refractivity contribution is 0.454. The predicted octanol–water partition coefficient (Wildman–Crippen LogP) is 3.68. The number of rotatable bonds is 3. The molecule has 0 fully saturated rings. The maximum Gasteiger partial charge on any atom is 0.123 e. The van der Waals surface area contributed by atoms with Gasteiger partial charge in [-0.1, -0.05) is 29.3 Å². The molecule has 0 aliphatic carbocycles. The minimum absolute atomic E-state index is 0. The maximum atomic E-state index is 9.82. The van der Waals surface area contributed by atoms with Crippen LogP contribution in [0.4, 0.5) is 0 Å². The van der Waals surface area contributed by atoms with Crippen LogP contribution in [-0.4, -0.2) is 5.11 Å². The Morgan fingerprint density at radius 2 is 2.07 bits per heavy atom. The fraction of sp³-hybridized carbons (Fsp3) is 0.455. The SMILES string of the molecule is CCC[C@@H](N)c1cc(Br)cc(C)c1O.Cl. The second-order valence-corrected chi connectivity index (χ2v) is 4.47. The Morgan fingerprint density at radius 3 is 2.60 bits per heavy atom. The van der Waals surface area contributed by atoms with Gasteiger partial charge in [0.05, 0.1) is 0 Å². The van der Waals surface area contributed by atoms with Gasteiger partial charge in [0.2, 0.25) is 0 Å². The first-order valence-corrected chi connectivity index (χ1v) is 5.60. The first kappa shape index (κ1) is 14.8. The average molecular weight is 295 g/mol. The fourth-order valence-corrected chi connectivity index (χ4v) is 2.10. The maximum absolute atomic E-state index is 9.82. The van der Waals surface area contributed by atoms with E-state index in [1.54, 1.807) is 0 Å². The molecule has 0 aliphatic rings. The van der Waals surface area contributed by atoms with Gasteiger partial charge in [0.15, 0.2) is 0 Å². The van der Waals surface area contributed by atoms with Crippen LogP contribution in [0.3, 0.4) is 0 Å². The van der Waals surface area contributed by atoms with Crippen LogP contribution in [0.1, 0.15) is 36.9 Å². The minimum Gasteiger partial charge on any atom is -0.507 e. The molecule has 4 heteroatoms. The number of hydrogen-bond acceptors (Lipinski definition) is 2. The van der Waals surface area contributed by atoms with Gasteiger partial charge in [-0.2, -0.15) is 0 Å². The van der Waals surface area contributed by atoms with Crippen LogP contribution in [0.15, 0.2) is 16.6 Å². The largest absolute Gasteiger partial charge is 0.507 e. The molecule has 0 saturated carbocycles. The topological polar surface area (TPSA) is 46.2 Å². The lowest BCUT2D eigenvalue weighted by Crippen LogP contribution is -2.10. The second kappa shape index (κ2) is 6.36. The minimum atomic E-state index is -0.0730. The molecule has 0 amide bonds. The van der Waals surface area contributed by atoms with Crippen molar-refractivity contribution in [1.82, 2.24) is 0 Å². The molecule has 1 aromatic carbocycles. The van der Waals surface area contributed by atoms with E-state index >= 15 is 0 Å². The number of phenols is 1. The second-order valence-electron chi connectivity index (χ2n) is 3.56. The van der Waals surface area contributed by atoms with E-state index in [1.807, 2.05) is 19.1 Å². The lowest BCUT2D eigenvalue weighted by Gasteiger charge is -2.14. The van der Waals surface area contributed by atoms with Gasteiger partial charge in [0.25, 0.3) is 0 Å². The number of hydrogen-bond donors (Lipinski definition) is 2. The summed E-state index contributed by atoms with van der Waals surface area (Å²) < 4.78 is 0.967. The number of nitrogens with two attached hydrogens (primary N) is 1. The van der Waals surface area contributed by atoms with Crippen molar-refractivity contribution in [2.75, 3.05) is 0 Å². The molecular formula is C11H17BrClNO. The molecule has 0 spiro atoms. The van der Waals surface area contributed by atoms with E-state index in [0.717, 1.165) is 28.4 Å². The molecule has 1 rings (SSSR count). The van der Waals surface area contributed by atoms with Crippen LogP contribution in [-0.2, 0) is 0 Å². The van der Waals surface area contributed by atoms with Crippen molar-refractivity contribution in [3.8, 4) is 5.75 Å². The molecule has 0 aromatic heterocycles. The van der Waals surface area contributed by atoms with E-state index in [0.29, 0.717) is 5.75 Å². The van der Waals surface area contributed by atoms with Gasteiger partial charge in [-0.25, -0.2) is 0 Å². The van der Waals surface area contributed by atoms with Gasteiger partial charge in [-0.3, -0.25) is 0 Å². The summed E-state index contributed by atoms with van der Waals surface area (Å²) in [5.74, 6) is 0.328. The fourth-order valence-electron chi connectivity index (χ4n) is 1.51. The number of aryl methyl sites for hydroxylation is 1. The van der Waals surface area contributed by atoms with Crippen molar-refractivity contribution in [2.24, 2.45) is 5.73 Å². The molecule has 0 heterocycles. The third-order valence-electron chi connectivity index (χ3n) is 2.29. The Bertz CT molecular complexity index is 331. The van der Waals surface area contributed by atoms with Gasteiger partial charge in [-0.15, -0.1) is 12.4 Å². The van der Waals surface area contributed by atoms with Crippen molar-refractivity contribution >= 4 is 28.3 Å². The zero-order chi connectivity index (χ0) is 10.7. The Kier molecular flexibility index (Phi) is 6.25.